The van der Waals surface area contributed by atoms with Crippen molar-refractivity contribution in [3.63, 3.8) is 0 Å². The first-order valence-electron chi connectivity index (χ1n) is 8.68. The molecule has 1 aromatic rings. The topological polar surface area (TPSA) is 121 Å². The Morgan fingerprint density at radius 1 is 1.35 bits per heavy atom. The molecule has 0 radical (unpaired) electrons. The van der Waals surface area contributed by atoms with Crippen LogP contribution in [-0.2, 0) is 19.6 Å². The minimum Gasteiger partial charge on any atom is -0.379 e. The predicted octanol–water partition coefficient (Wildman–Crippen LogP) is 0.0702. The van der Waals surface area contributed by atoms with E-state index in [1.54, 1.807) is 0 Å². The smallest absolute Gasteiger partial charge is 0.267 e. The van der Waals surface area contributed by atoms with Gasteiger partial charge < -0.3 is 20.4 Å². The van der Waals surface area contributed by atoms with Crippen molar-refractivity contribution in [2.75, 3.05) is 32.8 Å². The van der Waals surface area contributed by atoms with E-state index in [-0.39, 0.29) is 35.5 Å². The van der Waals surface area contributed by atoms with E-state index >= 15 is 0 Å². The van der Waals surface area contributed by atoms with Crippen molar-refractivity contribution in [3.05, 3.63) is 18.0 Å². The number of nitrogens with zero attached hydrogens (tertiary/aromatic N) is 1. The minimum atomic E-state index is -3.65. The van der Waals surface area contributed by atoms with Gasteiger partial charge in [0.05, 0.1) is 13.2 Å². The Hall–Kier alpha value is -1.91. The number of aromatic amines is 1. The number of hydrogen-bond donors (Lipinski definition) is 3. The summed E-state index contributed by atoms with van der Waals surface area (Å²) in [4.78, 5) is 26.5. The van der Waals surface area contributed by atoms with E-state index in [0.717, 1.165) is 6.42 Å². The number of nitrogens with one attached hydrogen (secondary N) is 3. The monoisotopic (exact) mass is 386 g/mol. The Balaban J connectivity index is 1.88. The summed E-state index contributed by atoms with van der Waals surface area (Å²) in [5, 5.41) is 5.42. The molecule has 1 aromatic heterocycles. The number of H-pyrrole nitrogens is 1. The molecule has 146 valence electrons. The first-order valence-corrected chi connectivity index (χ1v) is 10.1. The third kappa shape index (κ3) is 5.29. The molecule has 1 aliphatic heterocycles. The summed E-state index contributed by atoms with van der Waals surface area (Å²) in [6.07, 6.45) is 2.30. The van der Waals surface area contributed by atoms with Gasteiger partial charge in [-0.25, -0.2) is 8.42 Å². The van der Waals surface area contributed by atoms with Crippen molar-refractivity contribution < 1.29 is 22.7 Å². The van der Waals surface area contributed by atoms with E-state index in [1.165, 1.54) is 16.6 Å². The van der Waals surface area contributed by atoms with E-state index in [0.29, 0.717) is 26.3 Å². The Labute approximate surface area is 153 Å². The second kappa shape index (κ2) is 9.15. The van der Waals surface area contributed by atoms with Crippen molar-refractivity contribution in [3.8, 4) is 0 Å². The van der Waals surface area contributed by atoms with Crippen LogP contribution in [0.1, 0.15) is 37.2 Å². The molecule has 1 saturated heterocycles. The number of carbonyl (C=O) groups excluding carboxylic acids is 2. The Kier molecular flexibility index (Phi) is 7.18. The van der Waals surface area contributed by atoms with Gasteiger partial charge in [0.1, 0.15) is 10.6 Å². The highest BCUT2D eigenvalue weighted by atomic mass is 32.2. The molecule has 2 heterocycles. The van der Waals surface area contributed by atoms with E-state index in [4.69, 9.17) is 4.74 Å². The van der Waals surface area contributed by atoms with Crippen LogP contribution in [0.25, 0.3) is 0 Å². The maximum atomic E-state index is 12.5. The molecule has 0 spiro atoms. The number of rotatable bonds is 8. The SMILES string of the molecule is CCC(C)NC(=O)CCNC(=O)c1cc(S(=O)(=O)N2CCOCC2)c[nH]1. The highest BCUT2D eigenvalue weighted by molar-refractivity contribution is 7.89. The summed E-state index contributed by atoms with van der Waals surface area (Å²) in [6, 6.07) is 1.40. The fraction of sp³-hybridized carbons (Fsp3) is 0.625. The van der Waals surface area contributed by atoms with Gasteiger partial charge >= 0.3 is 0 Å². The minimum absolute atomic E-state index is 0.0408. The molecule has 1 atom stereocenters. The third-order valence-electron chi connectivity index (χ3n) is 4.17. The number of amides is 2. The molecule has 1 fully saturated rings. The fourth-order valence-electron chi connectivity index (χ4n) is 2.42. The number of carbonyl (C=O) groups is 2. The lowest BCUT2D eigenvalue weighted by molar-refractivity contribution is -0.121. The van der Waals surface area contributed by atoms with Crippen molar-refractivity contribution in [1.29, 1.82) is 0 Å². The molecule has 0 aliphatic carbocycles. The first-order chi connectivity index (χ1) is 12.3. The van der Waals surface area contributed by atoms with Crippen LogP contribution in [0.3, 0.4) is 0 Å². The zero-order chi connectivity index (χ0) is 19.2. The molecule has 0 aromatic carbocycles. The Morgan fingerprint density at radius 3 is 2.69 bits per heavy atom. The third-order valence-corrected chi connectivity index (χ3v) is 6.04. The van der Waals surface area contributed by atoms with Crippen LogP contribution in [0.5, 0.6) is 0 Å². The maximum Gasteiger partial charge on any atom is 0.267 e. The van der Waals surface area contributed by atoms with E-state index in [1.807, 2.05) is 13.8 Å². The molecule has 1 aliphatic rings. The lowest BCUT2D eigenvalue weighted by atomic mass is 10.2. The molecule has 3 N–H and O–H groups in total. The number of aromatic nitrogens is 1. The lowest BCUT2D eigenvalue weighted by Gasteiger charge is -2.25. The van der Waals surface area contributed by atoms with Crippen molar-refractivity contribution in [1.82, 2.24) is 19.9 Å². The van der Waals surface area contributed by atoms with Crippen LogP contribution in [0.15, 0.2) is 17.2 Å². The van der Waals surface area contributed by atoms with Crippen LogP contribution in [0, 0.1) is 0 Å². The normalized spacial score (nSPS) is 16.8. The van der Waals surface area contributed by atoms with Gasteiger partial charge in [-0.15, -0.1) is 0 Å². The van der Waals surface area contributed by atoms with Gasteiger partial charge in [0.2, 0.25) is 15.9 Å². The highest BCUT2D eigenvalue weighted by Crippen LogP contribution is 2.18. The zero-order valence-electron chi connectivity index (χ0n) is 15.1. The summed E-state index contributed by atoms with van der Waals surface area (Å²) < 4.78 is 31.5. The molecular formula is C16H26N4O5S. The summed E-state index contributed by atoms with van der Waals surface area (Å²) in [6.45, 7) is 5.35. The molecule has 0 saturated carbocycles. The number of sulfonamides is 1. The fourth-order valence-corrected chi connectivity index (χ4v) is 3.83. The van der Waals surface area contributed by atoms with Gasteiger partial charge in [0.25, 0.3) is 5.91 Å². The van der Waals surface area contributed by atoms with Gasteiger partial charge in [-0.3, -0.25) is 9.59 Å². The standard InChI is InChI=1S/C16H26N4O5S/c1-3-12(2)19-15(21)4-5-17-16(22)14-10-13(11-18-14)26(23,24)20-6-8-25-9-7-20/h10-12,18H,3-9H2,1-2H3,(H,17,22)(H,19,21). The molecular weight excluding hydrogens is 360 g/mol. The van der Waals surface area contributed by atoms with Crippen molar-refractivity contribution in [2.24, 2.45) is 0 Å². The Morgan fingerprint density at radius 2 is 2.04 bits per heavy atom. The average Bonchev–Trinajstić information content (AvgIpc) is 3.13. The molecule has 2 rings (SSSR count). The largest absolute Gasteiger partial charge is 0.379 e. The summed E-state index contributed by atoms with van der Waals surface area (Å²) in [7, 11) is -3.65. The predicted molar refractivity (Wildman–Crippen MR) is 95.2 cm³/mol. The summed E-state index contributed by atoms with van der Waals surface area (Å²) in [5.41, 5.74) is 0.138. The van der Waals surface area contributed by atoms with Gasteiger partial charge in [-0.2, -0.15) is 4.31 Å². The molecule has 9 nitrogen and oxygen atoms in total. The summed E-state index contributed by atoms with van der Waals surface area (Å²) in [5.74, 6) is -0.591. The Bertz CT molecular complexity index is 725. The van der Waals surface area contributed by atoms with Crippen LogP contribution in [-0.4, -0.2) is 68.4 Å². The molecule has 1 unspecified atom stereocenters. The quantitative estimate of drug-likeness (QED) is 0.584. The van der Waals surface area contributed by atoms with Gasteiger partial charge in [-0.1, -0.05) is 6.92 Å². The van der Waals surface area contributed by atoms with Crippen molar-refractivity contribution >= 4 is 21.8 Å². The van der Waals surface area contributed by atoms with Gasteiger partial charge in [-0.05, 0) is 19.4 Å². The molecule has 26 heavy (non-hydrogen) atoms. The van der Waals surface area contributed by atoms with Crippen molar-refractivity contribution in [2.45, 2.75) is 37.6 Å². The van der Waals surface area contributed by atoms with Crippen LogP contribution >= 0.6 is 0 Å². The molecule has 10 heteroatoms. The van der Waals surface area contributed by atoms with Crippen LogP contribution < -0.4 is 10.6 Å². The first kappa shape index (κ1) is 20.4. The molecule has 2 amide bonds. The maximum absolute atomic E-state index is 12.5. The second-order valence-corrected chi connectivity index (χ2v) is 8.09. The highest BCUT2D eigenvalue weighted by Gasteiger charge is 2.27. The van der Waals surface area contributed by atoms with E-state index in [2.05, 4.69) is 15.6 Å². The van der Waals surface area contributed by atoms with Crippen LogP contribution in [0.2, 0.25) is 0 Å². The second-order valence-electron chi connectivity index (χ2n) is 6.15. The zero-order valence-corrected chi connectivity index (χ0v) is 15.9. The number of morpholine rings is 1. The van der Waals surface area contributed by atoms with E-state index < -0.39 is 15.9 Å². The average molecular weight is 386 g/mol. The van der Waals surface area contributed by atoms with E-state index in [9.17, 15) is 18.0 Å². The van der Waals surface area contributed by atoms with Gasteiger partial charge in [0, 0.05) is 38.3 Å². The number of ether oxygens (including phenoxy) is 1. The van der Waals surface area contributed by atoms with Crippen LogP contribution in [0.4, 0.5) is 0 Å². The van der Waals surface area contributed by atoms with Gasteiger partial charge in [0.15, 0.2) is 0 Å². The lowest BCUT2D eigenvalue weighted by Crippen LogP contribution is -2.40. The molecule has 0 bridgehead atoms. The number of hydrogen-bond acceptors (Lipinski definition) is 5. The summed E-state index contributed by atoms with van der Waals surface area (Å²) >= 11 is 0.